The molecule has 0 radical (unpaired) electrons. The molecule has 0 bridgehead atoms. The standard InChI is InChI=1S/C14H20FNO4S/c1-11-7-8-12(15)13(10-11)21(18,19)16-9-5-3-4-6-14(17)20-2/h7-8,10,16H,3-6,9H2,1-2H3. The summed E-state index contributed by atoms with van der Waals surface area (Å²) in [5, 5.41) is 0. The molecule has 1 N–H and O–H groups in total. The van der Waals surface area contributed by atoms with Crippen LogP contribution < -0.4 is 4.72 Å². The van der Waals surface area contributed by atoms with Gasteiger partial charge in [0.15, 0.2) is 0 Å². The molecule has 0 aliphatic carbocycles. The zero-order valence-corrected chi connectivity index (χ0v) is 13.0. The maximum Gasteiger partial charge on any atom is 0.305 e. The molecule has 0 heterocycles. The Bertz CT molecular complexity index is 587. The highest BCUT2D eigenvalue weighted by atomic mass is 32.2. The minimum atomic E-state index is -3.84. The van der Waals surface area contributed by atoms with Crippen LogP contribution in [-0.4, -0.2) is 28.0 Å². The summed E-state index contributed by atoms with van der Waals surface area (Å²) in [6.07, 6.45) is 2.21. The highest BCUT2D eigenvalue weighted by Gasteiger charge is 2.18. The first-order valence-corrected chi connectivity index (χ1v) is 8.18. The lowest BCUT2D eigenvalue weighted by molar-refractivity contribution is -0.140. The number of esters is 1. The monoisotopic (exact) mass is 317 g/mol. The van der Waals surface area contributed by atoms with Crippen LogP contribution in [0.1, 0.15) is 31.2 Å². The molecule has 0 aromatic heterocycles. The second-order valence-electron chi connectivity index (χ2n) is 4.72. The van der Waals surface area contributed by atoms with E-state index < -0.39 is 15.8 Å². The Balaban J connectivity index is 2.43. The average molecular weight is 317 g/mol. The number of unbranched alkanes of at least 4 members (excludes halogenated alkanes) is 2. The number of carbonyl (C=O) groups is 1. The van der Waals surface area contributed by atoms with E-state index in [1.54, 1.807) is 6.92 Å². The van der Waals surface area contributed by atoms with Crippen molar-refractivity contribution in [3.8, 4) is 0 Å². The van der Waals surface area contributed by atoms with Crippen molar-refractivity contribution in [2.75, 3.05) is 13.7 Å². The first kappa shape index (κ1) is 17.6. The van der Waals surface area contributed by atoms with Gasteiger partial charge in [0.2, 0.25) is 10.0 Å². The van der Waals surface area contributed by atoms with Crippen LogP contribution in [0.4, 0.5) is 4.39 Å². The molecule has 1 rings (SSSR count). The van der Waals surface area contributed by atoms with Crippen LogP contribution in [0.3, 0.4) is 0 Å². The molecule has 0 saturated heterocycles. The SMILES string of the molecule is COC(=O)CCCCCNS(=O)(=O)c1cc(C)ccc1F. The zero-order chi connectivity index (χ0) is 15.9. The molecule has 0 aliphatic rings. The van der Waals surface area contributed by atoms with E-state index in [-0.39, 0.29) is 17.4 Å². The zero-order valence-electron chi connectivity index (χ0n) is 12.2. The lowest BCUT2D eigenvalue weighted by Crippen LogP contribution is -2.25. The van der Waals surface area contributed by atoms with Crippen LogP contribution in [0.25, 0.3) is 0 Å². The number of hydrogen-bond donors (Lipinski definition) is 1. The van der Waals surface area contributed by atoms with Gasteiger partial charge in [-0.3, -0.25) is 4.79 Å². The van der Waals surface area contributed by atoms with Crippen molar-refractivity contribution in [2.24, 2.45) is 0 Å². The predicted octanol–water partition coefficient (Wildman–Crippen LogP) is 2.15. The molecule has 0 atom stereocenters. The largest absolute Gasteiger partial charge is 0.469 e. The molecule has 21 heavy (non-hydrogen) atoms. The Morgan fingerprint density at radius 3 is 2.67 bits per heavy atom. The van der Waals surface area contributed by atoms with E-state index >= 15 is 0 Å². The minimum absolute atomic E-state index is 0.205. The van der Waals surface area contributed by atoms with Crippen LogP contribution in [0, 0.1) is 12.7 Å². The van der Waals surface area contributed by atoms with Gasteiger partial charge in [-0.15, -0.1) is 0 Å². The Morgan fingerprint density at radius 1 is 1.29 bits per heavy atom. The maximum absolute atomic E-state index is 13.6. The van der Waals surface area contributed by atoms with Gasteiger partial charge in [-0.2, -0.15) is 0 Å². The number of sulfonamides is 1. The van der Waals surface area contributed by atoms with E-state index in [0.717, 1.165) is 6.07 Å². The van der Waals surface area contributed by atoms with Crippen molar-refractivity contribution in [1.82, 2.24) is 4.72 Å². The smallest absolute Gasteiger partial charge is 0.305 e. The molecule has 1 aromatic carbocycles. The van der Waals surface area contributed by atoms with Crippen LogP contribution in [0.15, 0.2) is 23.1 Å². The van der Waals surface area contributed by atoms with Crippen molar-refractivity contribution < 1.29 is 22.3 Å². The highest BCUT2D eigenvalue weighted by Crippen LogP contribution is 2.15. The summed E-state index contributed by atoms with van der Waals surface area (Å²) in [6.45, 7) is 1.90. The van der Waals surface area contributed by atoms with E-state index in [4.69, 9.17) is 0 Å². The van der Waals surface area contributed by atoms with Gasteiger partial charge in [-0.25, -0.2) is 17.5 Å². The van der Waals surface area contributed by atoms with E-state index in [2.05, 4.69) is 9.46 Å². The molecule has 0 aliphatic heterocycles. The third-order valence-corrected chi connectivity index (χ3v) is 4.43. The molecule has 0 spiro atoms. The summed E-state index contributed by atoms with van der Waals surface area (Å²) in [4.78, 5) is 10.5. The Kier molecular flexibility index (Phi) is 6.77. The van der Waals surface area contributed by atoms with Crippen molar-refractivity contribution in [3.05, 3.63) is 29.6 Å². The van der Waals surface area contributed by atoms with Crippen LogP contribution in [-0.2, 0) is 19.6 Å². The summed E-state index contributed by atoms with van der Waals surface area (Å²) in [7, 11) is -2.51. The number of ether oxygens (including phenoxy) is 1. The van der Waals surface area contributed by atoms with Crippen molar-refractivity contribution in [3.63, 3.8) is 0 Å². The number of methoxy groups -OCH3 is 1. The quantitative estimate of drug-likeness (QED) is 0.589. The van der Waals surface area contributed by atoms with E-state index in [9.17, 15) is 17.6 Å². The third kappa shape index (κ3) is 5.81. The van der Waals surface area contributed by atoms with Crippen LogP contribution in [0.2, 0.25) is 0 Å². The molecule has 0 fully saturated rings. The third-order valence-electron chi connectivity index (χ3n) is 2.95. The second kappa shape index (κ2) is 8.09. The van der Waals surface area contributed by atoms with Gasteiger partial charge in [0.05, 0.1) is 7.11 Å². The van der Waals surface area contributed by atoms with Crippen molar-refractivity contribution >= 4 is 16.0 Å². The maximum atomic E-state index is 13.6. The lowest BCUT2D eigenvalue weighted by atomic mass is 10.2. The molecular weight excluding hydrogens is 297 g/mol. The fourth-order valence-electron chi connectivity index (χ4n) is 1.77. The number of rotatable bonds is 8. The summed E-state index contributed by atoms with van der Waals surface area (Å²) < 4.78 is 44.3. The average Bonchev–Trinajstić information content (AvgIpc) is 2.44. The molecule has 118 valence electrons. The molecule has 1 aromatic rings. The van der Waals surface area contributed by atoms with Gasteiger partial charge in [-0.05, 0) is 37.5 Å². The number of hydrogen-bond acceptors (Lipinski definition) is 4. The van der Waals surface area contributed by atoms with Crippen LogP contribution in [0.5, 0.6) is 0 Å². The van der Waals surface area contributed by atoms with E-state index in [1.807, 2.05) is 0 Å². The van der Waals surface area contributed by atoms with E-state index in [1.165, 1.54) is 19.2 Å². The van der Waals surface area contributed by atoms with Gasteiger partial charge < -0.3 is 4.74 Å². The van der Waals surface area contributed by atoms with Crippen LogP contribution >= 0.6 is 0 Å². The van der Waals surface area contributed by atoms with Gasteiger partial charge in [0, 0.05) is 13.0 Å². The Morgan fingerprint density at radius 2 is 2.00 bits per heavy atom. The summed E-state index contributed by atoms with van der Waals surface area (Å²) >= 11 is 0. The van der Waals surface area contributed by atoms with E-state index in [0.29, 0.717) is 31.2 Å². The predicted molar refractivity (Wildman–Crippen MR) is 76.8 cm³/mol. The molecular formula is C14H20FNO4S. The minimum Gasteiger partial charge on any atom is -0.469 e. The van der Waals surface area contributed by atoms with Gasteiger partial charge in [-0.1, -0.05) is 12.5 Å². The molecule has 0 unspecified atom stereocenters. The Hall–Kier alpha value is -1.47. The second-order valence-corrected chi connectivity index (χ2v) is 6.45. The fraction of sp³-hybridized carbons (Fsp3) is 0.500. The van der Waals surface area contributed by atoms with Gasteiger partial charge in [0.25, 0.3) is 0 Å². The molecule has 0 amide bonds. The normalized spacial score (nSPS) is 11.4. The number of benzene rings is 1. The lowest BCUT2D eigenvalue weighted by Gasteiger charge is -2.08. The van der Waals surface area contributed by atoms with Crippen molar-refractivity contribution in [1.29, 1.82) is 0 Å². The number of nitrogens with one attached hydrogen (secondary N) is 1. The summed E-state index contributed by atoms with van der Waals surface area (Å²) in [5.41, 5.74) is 0.676. The number of carbonyl (C=O) groups excluding carboxylic acids is 1. The first-order chi connectivity index (χ1) is 9.86. The number of halogens is 1. The van der Waals surface area contributed by atoms with Crippen molar-refractivity contribution in [2.45, 2.75) is 37.5 Å². The molecule has 5 nitrogen and oxygen atoms in total. The Labute approximate surface area is 124 Å². The van der Waals surface area contributed by atoms with Gasteiger partial charge >= 0.3 is 5.97 Å². The number of aryl methyl sites for hydroxylation is 1. The topological polar surface area (TPSA) is 72.5 Å². The summed E-state index contributed by atoms with van der Waals surface area (Å²) in [6, 6.07) is 3.95. The summed E-state index contributed by atoms with van der Waals surface area (Å²) in [5.74, 6) is -1.05. The molecule has 0 saturated carbocycles. The molecule has 7 heteroatoms. The first-order valence-electron chi connectivity index (χ1n) is 6.69. The van der Waals surface area contributed by atoms with Gasteiger partial charge in [0.1, 0.15) is 10.7 Å². The highest BCUT2D eigenvalue weighted by molar-refractivity contribution is 7.89. The fourth-order valence-corrected chi connectivity index (χ4v) is 3.01.